The molecule has 4 heterocycles. The Kier molecular flexibility index (Phi) is 8.77. The average Bonchev–Trinajstić information content (AvgIpc) is 2.90. The van der Waals surface area contributed by atoms with Crippen LogP contribution in [0.1, 0.15) is 51.1 Å². The van der Waals surface area contributed by atoms with Crippen molar-refractivity contribution in [1.29, 1.82) is 0 Å². The van der Waals surface area contributed by atoms with Crippen LogP contribution in [0.5, 0.6) is 11.5 Å². The summed E-state index contributed by atoms with van der Waals surface area (Å²) in [7, 11) is 1.59. The summed E-state index contributed by atoms with van der Waals surface area (Å²) in [6, 6.07) is 7.41. The maximum atomic E-state index is 11.7. The second kappa shape index (κ2) is 12.2. The molecular formula is C26H32ClN5O4. The van der Waals surface area contributed by atoms with Crippen LogP contribution in [0.15, 0.2) is 35.3 Å². The number of carbonyl (C=O) groups excluding carboxylic acids is 1. The number of amides is 1. The van der Waals surface area contributed by atoms with Gasteiger partial charge in [0.2, 0.25) is 0 Å². The summed E-state index contributed by atoms with van der Waals surface area (Å²) >= 11 is 6.22. The molecule has 0 aromatic carbocycles. The third kappa shape index (κ3) is 6.33. The topological polar surface area (TPSA) is 107 Å². The Balaban J connectivity index is 0.000000174. The van der Waals surface area contributed by atoms with E-state index in [-0.39, 0.29) is 18.1 Å². The first kappa shape index (κ1) is 25.9. The highest BCUT2D eigenvalue weighted by Crippen LogP contribution is 2.30. The fourth-order valence-electron chi connectivity index (χ4n) is 4.41. The number of carbonyl (C=O) groups is 1. The molecule has 0 unspecified atom stereocenters. The summed E-state index contributed by atoms with van der Waals surface area (Å²) in [5.41, 5.74) is 2.40. The zero-order valence-electron chi connectivity index (χ0n) is 20.7. The number of halogens is 1. The van der Waals surface area contributed by atoms with Crippen molar-refractivity contribution in [3.8, 4) is 11.5 Å². The SMILES string of the molecule is CCCn1c(=O)ccc2ncc(OC)cc21.O=C1COc2cc(Cl)c(CNC3CCCCC3)nc2N1. The van der Waals surface area contributed by atoms with Gasteiger partial charge in [-0.3, -0.25) is 14.6 Å². The van der Waals surface area contributed by atoms with E-state index in [1.165, 1.54) is 32.1 Å². The molecule has 2 N–H and O–H groups in total. The quantitative estimate of drug-likeness (QED) is 0.506. The van der Waals surface area contributed by atoms with Crippen molar-refractivity contribution < 1.29 is 14.3 Å². The molecule has 1 aliphatic carbocycles. The number of aromatic nitrogens is 3. The number of hydrogen-bond donors (Lipinski definition) is 2. The smallest absolute Gasteiger partial charge is 0.263 e. The molecule has 1 amide bonds. The van der Waals surface area contributed by atoms with Crippen molar-refractivity contribution in [3.63, 3.8) is 0 Å². The average molecular weight is 514 g/mol. The van der Waals surface area contributed by atoms with Gasteiger partial charge in [-0.25, -0.2) is 4.98 Å². The van der Waals surface area contributed by atoms with Crippen molar-refractivity contribution in [3.05, 3.63) is 51.5 Å². The molecule has 1 saturated carbocycles. The van der Waals surface area contributed by atoms with Gasteiger partial charge in [0.05, 0.1) is 35.1 Å². The second-order valence-electron chi connectivity index (χ2n) is 8.92. The van der Waals surface area contributed by atoms with E-state index >= 15 is 0 Å². The van der Waals surface area contributed by atoms with E-state index in [0.29, 0.717) is 41.5 Å². The summed E-state index contributed by atoms with van der Waals surface area (Å²) in [4.78, 5) is 31.7. The van der Waals surface area contributed by atoms with E-state index in [2.05, 4.69) is 20.6 Å². The first-order valence-electron chi connectivity index (χ1n) is 12.4. The molecule has 0 spiro atoms. The van der Waals surface area contributed by atoms with Crippen LogP contribution in [-0.4, -0.2) is 40.2 Å². The first-order chi connectivity index (χ1) is 17.5. The van der Waals surface area contributed by atoms with Gasteiger partial charge in [0.1, 0.15) is 5.75 Å². The minimum Gasteiger partial charge on any atom is -0.495 e. The van der Waals surface area contributed by atoms with Gasteiger partial charge in [0.25, 0.3) is 11.5 Å². The van der Waals surface area contributed by atoms with Gasteiger partial charge in [0.15, 0.2) is 18.2 Å². The molecule has 36 heavy (non-hydrogen) atoms. The maximum absolute atomic E-state index is 11.7. The third-order valence-corrected chi connectivity index (χ3v) is 6.62. The Morgan fingerprint density at radius 2 is 2.03 bits per heavy atom. The first-order valence-corrected chi connectivity index (χ1v) is 12.7. The number of hydrogen-bond acceptors (Lipinski definition) is 7. The number of methoxy groups -OCH3 is 1. The number of pyridine rings is 3. The molecule has 0 bridgehead atoms. The molecule has 0 saturated heterocycles. The predicted octanol–water partition coefficient (Wildman–Crippen LogP) is 4.30. The number of rotatable bonds is 6. The molecule has 3 aromatic heterocycles. The Labute approximate surface area is 215 Å². The van der Waals surface area contributed by atoms with Crippen molar-refractivity contribution in [2.75, 3.05) is 19.0 Å². The van der Waals surface area contributed by atoms with E-state index in [9.17, 15) is 9.59 Å². The lowest BCUT2D eigenvalue weighted by Gasteiger charge is -2.23. The summed E-state index contributed by atoms with van der Waals surface area (Å²) < 4.78 is 12.1. The molecule has 1 fully saturated rings. The molecular weight excluding hydrogens is 482 g/mol. The van der Waals surface area contributed by atoms with Crippen LogP contribution in [0.3, 0.4) is 0 Å². The predicted molar refractivity (Wildman–Crippen MR) is 140 cm³/mol. The van der Waals surface area contributed by atoms with Crippen LogP contribution in [-0.2, 0) is 17.9 Å². The van der Waals surface area contributed by atoms with Gasteiger partial charge >= 0.3 is 0 Å². The lowest BCUT2D eigenvalue weighted by Crippen LogP contribution is -2.31. The Morgan fingerprint density at radius 1 is 1.22 bits per heavy atom. The zero-order chi connectivity index (χ0) is 25.5. The van der Waals surface area contributed by atoms with Crippen LogP contribution in [0.4, 0.5) is 5.82 Å². The Morgan fingerprint density at radius 3 is 2.78 bits per heavy atom. The molecule has 3 aromatic rings. The molecule has 10 heteroatoms. The summed E-state index contributed by atoms with van der Waals surface area (Å²) in [6.07, 6.45) is 8.89. The molecule has 1 aliphatic heterocycles. The number of fused-ring (bicyclic) bond motifs is 2. The van der Waals surface area contributed by atoms with Crippen LogP contribution < -0.4 is 25.7 Å². The normalized spacial score (nSPS) is 15.4. The lowest BCUT2D eigenvalue weighted by atomic mass is 9.95. The molecule has 2 aliphatic rings. The highest BCUT2D eigenvalue weighted by atomic mass is 35.5. The van der Waals surface area contributed by atoms with Crippen molar-refractivity contribution in [2.24, 2.45) is 0 Å². The van der Waals surface area contributed by atoms with E-state index < -0.39 is 0 Å². The molecule has 0 radical (unpaired) electrons. The van der Waals surface area contributed by atoms with Crippen LogP contribution >= 0.6 is 11.6 Å². The minimum atomic E-state index is -0.182. The standard InChI is InChI=1S/C14H18ClN3O2.C12H14N2O2/c15-10-6-12-14(18-13(19)8-20-12)17-11(10)7-16-9-4-2-1-3-5-9;1-3-6-14-11-7-9(16-2)8-13-10(11)4-5-12(14)15/h6,9,16H,1-5,7-8H2,(H,17,18,19);4-5,7-8H,3,6H2,1-2H3. The van der Waals surface area contributed by atoms with Crippen LogP contribution in [0, 0.1) is 0 Å². The van der Waals surface area contributed by atoms with Crippen molar-refractivity contribution in [2.45, 2.75) is 64.6 Å². The van der Waals surface area contributed by atoms with E-state index in [1.807, 2.05) is 13.0 Å². The van der Waals surface area contributed by atoms with Gasteiger partial charge in [-0.05, 0) is 25.3 Å². The van der Waals surface area contributed by atoms with Crippen molar-refractivity contribution in [1.82, 2.24) is 19.9 Å². The van der Waals surface area contributed by atoms with E-state index in [1.54, 1.807) is 36.1 Å². The number of ether oxygens (including phenoxy) is 2. The largest absolute Gasteiger partial charge is 0.495 e. The molecule has 0 atom stereocenters. The fourth-order valence-corrected chi connectivity index (χ4v) is 4.62. The van der Waals surface area contributed by atoms with E-state index in [4.69, 9.17) is 21.1 Å². The van der Waals surface area contributed by atoms with Crippen LogP contribution in [0.25, 0.3) is 11.0 Å². The third-order valence-electron chi connectivity index (χ3n) is 6.29. The lowest BCUT2D eigenvalue weighted by molar-refractivity contribution is -0.118. The highest BCUT2D eigenvalue weighted by Gasteiger charge is 2.20. The minimum absolute atomic E-state index is 0.00408. The number of anilines is 1. The molecule has 5 rings (SSSR count). The highest BCUT2D eigenvalue weighted by molar-refractivity contribution is 6.31. The molecule has 9 nitrogen and oxygen atoms in total. The fraction of sp³-hybridized carbons (Fsp3) is 0.462. The Hall–Kier alpha value is -3.17. The number of nitrogens with zero attached hydrogens (tertiary/aromatic N) is 3. The van der Waals surface area contributed by atoms with Gasteiger partial charge in [-0.1, -0.05) is 37.8 Å². The van der Waals surface area contributed by atoms with Gasteiger partial charge in [-0.2, -0.15) is 0 Å². The van der Waals surface area contributed by atoms with Gasteiger partial charge in [-0.15, -0.1) is 0 Å². The maximum Gasteiger partial charge on any atom is 0.263 e. The van der Waals surface area contributed by atoms with E-state index in [0.717, 1.165) is 23.1 Å². The van der Waals surface area contributed by atoms with Gasteiger partial charge in [0, 0.05) is 37.3 Å². The molecule has 192 valence electrons. The number of aryl methyl sites for hydroxylation is 1. The zero-order valence-corrected chi connectivity index (χ0v) is 21.4. The Bertz CT molecular complexity index is 1270. The number of nitrogens with one attached hydrogen (secondary N) is 2. The van der Waals surface area contributed by atoms with Gasteiger partial charge < -0.3 is 24.7 Å². The summed E-state index contributed by atoms with van der Waals surface area (Å²) in [5.74, 6) is 1.49. The monoisotopic (exact) mass is 513 g/mol. The second-order valence-corrected chi connectivity index (χ2v) is 9.33. The summed E-state index contributed by atoms with van der Waals surface area (Å²) in [6.45, 7) is 3.38. The van der Waals surface area contributed by atoms with Crippen molar-refractivity contribution >= 4 is 34.4 Å². The van der Waals surface area contributed by atoms with Crippen LogP contribution in [0.2, 0.25) is 5.02 Å². The summed E-state index contributed by atoms with van der Waals surface area (Å²) in [5, 5.41) is 6.77.